The molecule has 0 aliphatic carbocycles. The first-order valence-electron chi connectivity index (χ1n) is 8.23. The minimum atomic E-state index is -0.522. The number of benzene rings is 2. The molecule has 1 heterocycles. The molecule has 1 unspecified atom stereocenters. The second-order valence-corrected chi connectivity index (χ2v) is 7.21. The summed E-state index contributed by atoms with van der Waals surface area (Å²) in [7, 11) is 1.70. The van der Waals surface area contributed by atoms with E-state index < -0.39 is 16.0 Å². The van der Waals surface area contributed by atoms with Gasteiger partial charge in [-0.1, -0.05) is 23.9 Å². The van der Waals surface area contributed by atoms with Gasteiger partial charge in [-0.15, -0.1) is 10.2 Å². The lowest BCUT2D eigenvalue weighted by Gasteiger charge is -2.11. The summed E-state index contributed by atoms with van der Waals surface area (Å²) < 4.78 is 15.6. The Bertz CT molecular complexity index is 1020. The number of carbonyl (C=O) groups excluding carboxylic acids is 1. The molecule has 28 heavy (non-hydrogen) atoms. The number of nitrogens with one attached hydrogen (secondary N) is 1. The van der Waals surface area contributed by atoms with Crippen LogP contribution >= 0.6 is 11.8 Å². The molecule has 3 rings (SSSR count). The van der Waals surface area contributed by atoms with Gasteiger partial charge in [0.25, 0.3) is 5.69 Å². The summed E-state index contributed by atoms with van der Waals surface area (Å²) in [6.07, 6.45) is 0. The van der Waals surface area contributed by atoms with E-state index in [4.69, 9.17) is 0 Å². The Morgan fingerprint density at radius 3 is 2.54 bits per heavy atom. The smallest absolute Gasteiger partial charge is 0.269 e. The number of thioether (sulfide) groups is 1. The number of anilines is 1. The highest BCUT2D eigenvalue weighted by atomic mass is 32.2. The van der Waals surface area contributed by atoms with Gasteiger partial charge >= 0.3 is 0 Å². The molecular weight excluding hydrogens is 385 g/mol. The van der Waals surface area contributed by atoms with E-state index in [1.807, 2.05) is 0 Å². The van der Waals surface area contributed by atoms with Crippen LogP contribution < -0.4 is 5.32 Å². The van der Waals surface area contributed by atoms with E-state index in [1.165, 1.54) is 42.1 Å². The van der Waals surface area contributed by atoms with Gasteiger partial charge in [0, 0.05) is 24.9 Å². The summed E-state index contributed by atoms with van der Waals surface area (Å²) in [6, 6.07) is 11.8. The second-order valence-electron chi connectivity index (χ2n) is 5.90. The van der Waals surface area contributed by atoms with Crippen LogP contribution in [0.25, 0.3) is 11.4 Å². The number of non-ortho nitro benzene ring substituents is 1. The van der Waals surface area contributed by atoms with Crippen LogP contribution in [0.1, 0.15) is 6.92 Å². The Morgan fingerprint density at radius 1 is 1.21 bits per heavy atom. The highest BCUT2D eigenvalue weighted by Crippen LogP contribution is 2.27. The summed E-state index contributed by atoms with van der Waals surface area (Å²) in [5.41, 5.74) is 0.723. The van der Waals surface area contributed by atoms with Crippen molar-refractivity contribution in [2.24, 2.45) is 7.05 Å². The van der Waals surface area contributed by atoms with E-state index in [1.54, 1.807) is 36.7 Å². The van der Waals surface area contributed by atoms with Gasteiger partial charge in [0.05, 0.1) is 15.7 Å². The molecule has 1 N–H and O–H groups in total. The second kappa shape index (κ2) is 8.17. The maximum absolute atomic E-state index is 14.0. The third-order valence-corrected chi connectivity index (χ3v) is 5.08. The molecule has 1 aromatic heterocycles. The van der Waals surface area contributed by atoms with Gasteiger partial charge in [-0.05, 0) is 31.2 Å². The van der Waals surface area contributed by atoms with Crippen molar-refractivity contribution in [2.45, 2.75) is 17.3 Å². The van der Waals surface area contributed by atoms with Crippen molar-refractivity contribution in [3.8, 4) is 11.4 Å². The van der Waals surface area contributed by atoms with Crippen LogP contribution in [0, 0.1) is 15.9 Å². The van der Waals surface area contributed by atoms with Crippen molar-refractivity contribution in [3.63, 3.8) is 0 Å². The van der Waals surface area contributed by atoms with Crippen LogP contribution in [0.15, 0.2) is 53.7 Å². The van der Waals surface area contributed by atoms with Gasteiger partial charge in [0.15, 0.2) is 11.0 Å². The number of halogens is 1. The molecule has 2 aromatic carbocycles. The van der Waals surface area contributed by atoms with E-state index in [9.17, 15) is 19.3 Å². The van der Waals surface area contributed by atoms with Gasteiger partial charge in [-0.25, -0.2) is 4.39 Å². The lowest BCUT2D eigenvalue weighted by molar-refractivity contribution is -0.384. The van der Waals surface area contributed by atoms with Gasteiger partial charge in [-0.2, -0.15) is 0 Å². The molecule has 0 bridgehead atoms. The van der Waals surface area contributed by atoms with Crippen LogP contribution in [-0.4, -0.2) is 30.8 Å². The maximum atomic E-state index is 14.0. The Morgan fingerprint density at radius 2 is 1.89 bits per heavy atom. The number of aromatic nitrogens is 3. The fraction of sp³-hybridized carbons (Fsp3) is 0.167. The Kier molecular flexibility index (Phi) is 5.69. The minimum Gasteiger partial charge on any atom is -0.325 e. The minimum absolute atomic E-state index is 0.0554. The van der Waals surface area contributed by atoms with Crippen molar-refractivity contribution < 1.29 is 14.1 Å². The predicted octanol–water partition coefficient (Wildman–Crippen LogP) is 3.65. The van der Waals surface area contributed by atoms with Crippen molar-refractivity contribution >= 4 is 29.0 Å². The highest BCUT2D eigenvalue weighted by molar-refractivity contribution is 8.00. The molecule has 1 amide bonds. The van der Waals surface area contributed by atoms with E-state index in [0.29, 0.717) is 22.2 Å². The van der Waals surface area contributed by atoms with E-state index in [0.717, 1.165) is 0 Å². The van der Waals surface area contributed by atoms with E-state index in [-0.39, 0.29) is 11.6 Å². The van der Waals surface area contributed by atoms with Crippen LogP contribution in [0.3, 0.4) is 0 Å². The number of nitro groups is 1. The van der Waals surface area contributed by atoms with Gasteiger partial charge in [0.2, 0.25) is 5.91 Å². The molecule has 10 heteroatoms. The molecule has 0 aliphatic rings. The number of nitro benzene ring substituents is 1. The van der Waals surface area contributed by atoms with E-state index >= 15 is 0 Å². The van der Waals surface area contributed by atoms with Crippen LogP contribution in [0.2, 0.25) is 0 Å². The first-order valence-corrected chi connectivity index (χ1v) is 9.11. The maximum Gasteiger partial charge on any atom is 0.269 e. The van der Waals surface area contributed by atoms with Gasteiger partial charge in [0.1, 0.15) is 5.82 Å². The Labute approximate surface area is 163 Å². The molecule has 0 fully saturated rings. The topological polar surface area (TPSA) is 103 Å². The lowest BCUT2D eigenvalue weighted by atomic mass is 10.2. The zero-order valence-electron chi connectivity index (χ0n) is 15.0. The standard InChI is InChI=1S/C18H16FN5O3S/c1-11(17(25)20-12-7-9-13(10-8-12)24(26)27)28-18-22-21-16(23(18)2)14-5-3-4-6-15(14)19/h3-11H,1-2H3,(H,20,25). The molecule has 3 aromatic rings. The van der Waals surface area contributed by atoms with Crippen molar-refractivity contribution in [1.29, 1.82) is 0 Å². The van der Waals surface area contributed by atoms with Crippen molar-refractivity contribution in [1.82, 2.24) is 14.8 Å². The fourth-order valence-corrected chi connectivity index (χ4v) is 3.23. The first-order chi connectivity index (χ1) is 13.4. The summed E-state index contributed by atoms with van der Waals surface area (Å²) in [4.78, 5) is 22.6. The normalized spacial score (nSPS) is 11.8. The Hall–Kier alpha value is -3.27. The third-order valence-electron chi connectivity index (χ3n) is 3.95. The lowest BCUT2D eigenvalue weighted by Crippen LogP contribution is -2.22. The molecule has 0 aliphatic heterocycles. The van der Waals surface area contributed by atoms with Crippen LogP contribution in [0.5, 0.6) is 0 Å². The largest absolute Gasteiger partial charge is 0.325 e. The number of hydrogen-bond acceptors (Lipinski definition) is 6. The summed E-state index contributed by atoms with van der Waals surface area (Å²) in [6.45, 7) is 1.70. The molecule has 0 saturated heterocycles. The molecule has 8 nitrogen and oxygen atoms in total. The fourth-order valence-electron chi connectivity index (χ4n) is 2.42. The monoisotopic (exact) mass is 401 g/mol. The summed E-state index contributed by atoms with van der Waals surface area (Å²) in [5, 5.41) is 21.4. The average molecular weight is 401 g/mol. The third kappa shape index (κ3) is 4.17. The predicted molar refractivity (Wildman–Crippen MR) is 103 cm³/mol. The Balaban J connectivity index is 1.69. The number of nitrogens with zero attached hydrogens (tertiary/aromatic N) is 4. The SMILES string of the molecule is CC(Sc1nnc(-c2ccccc2F)n1C)C(=O)Nc1ccc([N+](=O)[O-])cc1. The summed E-state index contributed by atoms with van der Waals surface area (Å²) in [5.74, 6) is -0.337. The number of rotatable bonds is 6. The molecule has 1 atom stereocenters. The quantitative estimate of drug-likeness (QED) is 0.384. The van der Waals surface area contributed by atoms with Crippen molar-refractivity contribution in [3.05, 3.63) is 64.5 Å². The number of carbonyl (C=O) groups is 1. The molecule has 0 spiro atoms. The molecular formula is C18H16FN5O3S. The van der Waals surface area contributed by atoms with Crippen molar-refractivity contribution in [2.75, 3.05) is 5.32 Å². The first kappa shape index (κ1) is 19.5. The zero-order chi connectivity index (χ0) is 20.3. The van der Waals surface area contributed by atoms with Gasteiger partial charge < -0.3 is 9.88 Å². The molecule has 144 valence electrons. The highest BCUT2D eigenvalue weighted by Gasteiger charge is 2.20. The van der Waals surface area contributed by atoms with Crippen LogP contribution in [0.4, 0.5) is 15.8 Å². The number of hydrogen-bond donors (Lipinski definition) is 1. The zero-order valence-corrected chi connectivity index (χ0v) is 15.8. The summed E-state index contributed by atoms with van der Waals surface area (Å²) >= 11 is 1.17. The number of amides is 1. The van der Waals surface area contributed by atoms with Gasteiger partial charge in [-0.3, -0.25) is 14.9 Å². The van der Waals surface area contributed by atoms with Crippen LogP contribution in [-0.2, 0) is 11.8 Å². The average Bonchev–Trinajstić information content (AvgIpc) is 3.03. The molecule has 0 radical (unpaired) electrons. The van der Waals surface area contributed by atoms with E-state index in [2.05, 4.69) is 15.5 Å². The molecule has 0 saturated carbocycles.